The minimum Gasteiger partial charge on any atom is -0.366 e. The van der Waals surface area contributed by atoms with Gasteiger partial charge in [-0.3, -0.25) is 9.59 Å². The van der Waals surface area contributed by atoms with Crippen molar-refractivity contribution in [2.75, 3.05) is 16.4 Å². The van der Waals surface area contributed by atoms with Crippen LogP contribution in [0.3, 0.4) is 0 Å². The third-order valence-corrected chi connectivity index (χ3v) is 5.99. The topological polar surface area (TPSA) is 97.5 Å². The van der Waals surface area contributed by atoms with Gasteiger partial charge in [0.25, 0.3) is 5.91 Å². The molecular formula is C18H18N2O4S. The fourth-order valence-corrected chi connectivity index (χ4v) is 4.68. The van der Waals surface area contributed by atoms with E-state index in [0.717, 1.165) is 0 Å². The number of sulfone groups is 1. The predicted octanol–water partition coefficient (Wildman–Crippen LogP) is 1.62. The Bertz CT molecular complexity index is 892. The molecule has 2 amide bonds. The number of rotatable bonds is 4. The van der Waals surface area contributed by atoms with Gasteiger partial charge in [0.05, 0.1) is 17.5 Å². The van der Waals surface area contributed by atoms with Crippen LogP contribution in [0.4, 0.5) is 5.69 Å². The minimum atomic E-state index is -3.15. The zero-order chi connectivity index (χ0) is 18.0. The van der Waals surface area contributed by atoms with Crippen LogP contribution in [-0.2, 0) is 9.84 Å². The number of nitrogens with two attached hydrogens (primary N) is 1. The summed E-state index contributed by atoms with van der Waals surface area (Å²) < 4.78 is 23.8. The van der Waals surface area contributed by atoms with Crippen molar-refractivity contribution in [2.24, 2.45) is 5.73 Å². The maximum atomic E-state index is 13.0. The Morgan fingerprint density at radius 2 is 1.60 bits per heavy atom. The number of amides is 2. The second-order valence-corrected chi connectivity index (χ2v) is 8.24. The number of nitrogens with zero attached hydrogens (tertiary/aromatic N) is 1. The molecular weight excluding hydrogens is 340 g/mol. The largest absolute Gasteiger partial charge is 0.366 e. The van der Waals surface area contributed by atoms with E-state index in [2.05, 4.69) is 0 Å². The molecule has 1 aliphatic rings. The second-order valence-electron chi connectivity index (χ2n) is 6.01. The number of hydrogen-bond acceptors (Lipinski definition) is 4. The van der Waals surface area contributed by atoms with E-state index >= 15 is 0 Å². The van der Waals surface area contributed by atoms with Crippen LogP contribution in [0, 0.1) is 0 Å². The Kier molecular flexibility index (Phi) is 4.59. The maximum Gasteiger partial charge on any atom is 0.258 e. The molecule has 2 aromatic rings. The zero-order valence-electron chi connectivity index (χ0n) is 13.5. The summed E-state index contributed by atoms with van der Waals surface area (Å²) in [6, 6.07) is 14.6. The predicted molar refractivity (Wildman–Crippen MR) is 95.3 cm³/mol. The van der Waals surface area contributed by atoms with Crippen LogP contribution in [0.1, 0.15) is 27.1 Å². The van der Waals surface area contributed by atoms with Gasteiger partial charge >= 0.3 is 0 Å². The molecule has 0 aliphatic carbocycles. The lowest BCUT2D eigenvalue weighted by atomic mass is 10.1. The van der Waals surface area contributed by atoms with Crippen molar-refractivity contribution in [1.29, 1.82) is 0 Å². The van der Waals surface area contributed by atoms with E-state index in [9.17, 15) is 18.0 Å². The summed E-state index contributed by atoms with van der Waals surface area (Å²) in [5.41, 5.74) is 6.60. The fraction of sp³-hybridized carbons (Fsp3) is 0.222. The first-order valence-electron chi connectivity index (χ1n) is 7.86. The van der Waals surface area contributed by atoms with Crippen molar-refractivity contribution >= 4 is 27.3 Å². The van der Waals surface area contributed by atoms with Gasteiger partial charge in [-0.05, 0) is 42.8 Å². The quantitative estimate of drug-likeness (QED) is 0.898. The number of primary amides is 1. The number of carbonyl (C=O) groups is 2. The van der Waals surface area contributed by atoms with Gasteiger partial charge in [-0.15, -0.1) is 0 Å². The first-order valence-corrected chi connectivity index (χ1v) is 9.68. The lowest BCUT2D eigenvalue weighted by Crippen LogP contribution is -2.41. The molecule has 0 aromatic heterocycles. The Hall–Kier alpha value is -2.67. The van der Waals surface area contributed by atoms with Crippen molar-refractivity contribution in [3.63, 3.8) is 0 Å². The number of benzene rings is 2. The molecule has 1 saturated heterocycles. The Labute approximate surface area is 146 Å². The summed E-state index contributed by atoms with van der Waals surface area (Å²) in [4.78, 5) is 25.7. The standard InChI is InChI=1S/C18H18N2O4S/c19-17(21)13-6-8-15(9-7-13)20(16-10-11-25(23,24)12-16)18(22)14-4-2-1-3-5-14/h1-9,16H,10-12H2,(H2,19,21). The first kappa shape index (κ1) is 17.2. The highest BCUT2D eigenvalue weighted by atomic mass is 32.2. The van der Waals surface area contributed by atoms with Crippen LogP contribution in [0.2, 0.25) is 0 Å². The summed E-state index contributed by atoms with van der Waals surface area (Å²) in [5.74, 6) is -0.830. The fourth-order valence-electron chi connectivity index (χ4n) is 2.98. The highest BCUT2D eigenvalue weighted by molar-refractivity contribution is 7.91. The summed E-state index contributed by atoms with van der Waals surface area (Å²) in [6.07, 6.45) is 0.387. The van der Waals surface area contributed by atoms with Gasteiger partial charge in [0, 0.05) is 16.8 Å². The van der Waals surface area contributed by atoms with Crippen LogP contribution in [0.25, 0.3) is 0 Å². The van der Waals surface area contributed by atoms with E-state index < -0.39 is 21.8 Å². The van der Waals surface area contributed by atoms with Gasteiger partial charge in [-0.25, -0.2) is 8.42 Å². The molecule has 1 fully saturated rings. The Morgan fingerprint density at radius 3 is 2.12 bits per heavy atom. The molecule has 0 saturated carbocycles. The molecule has 2 N–H and O–H groups in total. The molecule has 1 heterocycles. The van der Waals surface area contributed by atoms with Crippen molar-refractivity contribution in [1.82, 2.24) is 0 Å². The molecule has 1 aliphatic heterocycles. The lowest BCUT2D eigenvalue weighted by molar-refractivity contribution is 0.0977. The molecule has 0 radical (unpaired) electrons. The van der Waals surface area contributed by atoms with Crippen LogP contribution in [-0.4, -0.2) is 37.8 Å². The van der Waals surface area contributed by atoms with Gasteiger partial charge in [0.1, 0.15) is 0 Å². The normalized spacial score (nSPS) is 18.6. The van der Waals surface area contributed by atoms with Crippen LogP contribution < -0.4 is 10.6 Å². The highest BCUT2D eigenvalue weighted by Gasteiger charge is 2.35. The summed E-state index contributed by atoms with van der Waals surface area (Å²) in [5, 5.41) is 0. The third kappa shape index (κ3) is 3.71. The van der Waals surface area contributed by atoms with Gasteiger partial charge in [-0.1, -0.05) is 18.2 Å². The van der Waals surface area contributed by atoms with Gasteiger partial charge in [0.15, 0.2) is 9.84 Å². The van der Waals surface area contributed by atoms with Gasteiger partial charge < -0.3 is 10.6 Å². The van der Waals surface area contributed by atoms with E-state index in [1.165, 1.54) is 17.0 Å². The molecule has 1 atom stereocenters. The van der Waals surface area contributed by atoms with Gasteiger partial charge in [-0.2, -0.15) is 0 Å². The molecule has 6 nitrogen and oxygen atoms in total. The monoisotopic (exact) mass is 358 g/mol. The summed E-state index contributed by atoms with van der Waals surface area (Å²) >= 11 is 0. The first-order chi connectivity index (χ1) is 11.9. The number of anilines is 1. The van der Waals surface area contributed by atoms with Crippen molar-refractivity contribution in [3.05, 3.63) is 65.7 Å². The third-order valence-electron chi connectivity index (χ3n) is 4.24. The molecule has 2 aromatic carbocycles. The lowest BCUT2D eigenvalue weighted by Gasteiger charge is -2.28. The number of hydrogen-bond donors (Lipinski definition) is 1. The molecule has 7 heteroatoms. The molecule has 25 heavy (non-hydrogen) atoms. The van der Waals surface area contributed by atoms with E-state index in [0.29, 0.717) is 23.2 Å². The smallest absolute Gasteiger partial charge is 0.258 e. The van der Waals surface area contributed by atoms with Crippen molar-refractivity contribution in [3.8, 4) is 0 Å². The molecule has 1 unspecified atom stereocenters. The Morgan fingerprint density at radius 1 is 0.960 bits per heavy atom. The highest BCUT2D eigenvalue weighted by Crippen LogP contribution is 2.27. The average Bonchev–Trinajstić information content (AvgIpc) is 2.96. The maximum absolute atomic E-state index is 13.0. The molecule has 0 spiro atoms. The van der Waals surface area contributed by atoms with Crippen molar-refractivity contribution in [2.45, 2.75) is 12.5 Å². The van der Waals surface area contributed by atoms with E-state index in [-0.39, 0.29) is 17.4 Å². The number of carbonyl (C=O) groups excluding carboxylic acids is 2. The van der Waals surface area contributed by atoms with E-state index in [4.69, 9.17) is 5.73 Å². The molecule has 130 valence electrons. The van der Waals surface area contributed by atoms with Crippen LogP contribution >= 0.6 is 0 Å². The van der Waals surface area contributed by atoms with Crippen molar-refractivity contribution < 1.29 is 18.0 Å². The Balaban J connectivity index is 2.00. The average molecular weight is 358 g/mol. The SMILES string of the molecule is NC(=O)c1ccc(N(C(=O)c2ccccc2)C2CCS(=O)(=O)C2)cc1. The molecule has 0 bridgehead atoms. The minimum absolute atomic E-state index is 0.0651. The summed E-state index contributed by atoms with van der Waals surface area (Å²) in [6.45, 7) is 0. The van der Waals surface area contributed by atoms with E-state index in [1.807, 2.05) is 6.07 Å². The van der Waals surface area contributed by atoms with Crippen LogP contribution in [0.5, 0.6) is 0 Å². The second kappa shape index (κ2) is 6.68. The van der Waals surface area contributed by atoms with E-state index in [1.54, 1.807) is 36.4 Å². The van der Waals surface area contributed by atoms with Gasteiger partial charge in [0.2, 0.25) is 5.91 Å². The zero-order valence-corrected chi connectivity index (χ0v) is 14.3. The van der Waals surface area contributed by atoms with Crippen LogP contribution in [0.15, 0.2) is 54.6 Å². The molecule has 3 rings (SSSR count). The summed E-state index contributed by atoms with van der Waals surface area (Å²) in [7, 11) is -3.15.